The van der Waals surface area contributed by atoms with Crippen LogP contribution in [0, 0.1) is 13.8 Å². The first-order chi connectivity index (χ1) is 13.0. The van der Waals surface area contributed by atoms with Gasteiger partial charge in [0.1, 0.15) is 11.5 Å². The highest BCUT2D eigenvalue weighted by Gasteiger charge is 2.24. The minimum absolute atomic E-state index is 0.0338. The van der Waals surface area contributed by atoms with Crippen LogP contribution in [0.4, 0.5) is 11.4 Å². The quantitative estimate of drug-likeness (QED) is 0.797. The minimum Gasteiger partial charge on any atom is -0.483 e. The summed E-state index contributed by atoms with van der Waals surface area (Å²) in [6, 6.07) is 11.0. The van der Waals surface area contributed by atoms with Crippen LogP contribution in [0.5, 0.6) is 11.5 Å². The Morgan fingerprint density at radius 1 is 1.30 bits per heavy atom. The van der Waals surface area contributed by atoms with Gasteiger partial charge in [-0.15, -0.1) is 6.58 Å². The van der Waals surface area contributed by atoms with Gasteiger partial charge in [-0.25, -0.2) is 0 Å². The standard InChI is InChI=1S/C21H22N2O4/c1-4-10-23-17-9-8-16(11-18(17)26-13-20(23)25)22-19(24)12-27-21-14(2)6-5-7-15(21)3/h4-9,11H,1,10,12-13H2,2-3H3,(H,22,24). The van der Waals surface area contributed by atoms with Crippen LogP contribution in [-0.2, 0) is 9.59 Å². The van der Waals surface area contributed by atoms with E-state index in [1.807, 2.05) is 32.0 Å². The first-order valence-corrected chi connectivity index (χ1v) is 8.66. The smallest absolute Gasteiger partial charge is 0.265 e. The molecule has 0 spiro atoms. The largest absolute Gasteiger partial charge is 0.483 e. The number of benzene rings is 2. The van der Waals surface area contributed by atoms with E-state index in [4.69, 9.17) is 9.47 Å². The molecule has 2 aromatic rings. The van der Waals surface area contributed by atoms with E-state index in [0.717, 1.165) is 16.9 Å². The van der Waals surface area contributed by atoms with E-state index in [1.54, 1.807) is 29.2 Å². The lowest BCUT2D eigenvalue weighted by atomic mass is 10.1. The van der Waals surface area contributed by atoms with Gasteiger partial charge in [0.15, 0.2) is 13.2 Å². The summed E-state index contributed by atoms with van der Waals surface area (Å²) >= 11 is 0. The highest BCUT2D eigenvalue weighted by Crippen LogP contribution is 2.34. The van der Waals surface area contributed by atoms with Gasteiger partial charge in [0, 0.05) is 18.3 Å². The lowest BCUT2D eigenvalue weighted by Crippen LogP contribution is -2.38. The van der Waals surface area contributed by atoms with Crippen LogP contribution in [-0.4, -0.2) is 31.6 Å². The van der Waals surface area contributed by atoms with Crippen molar-refractivity contribution in [3.05, 3.63) is 60.2 Å². The molecule has 0 fully saturated rings. The van der Waals surface area contributed by atoms with Crippen LogP contribution < -0.4 is 19.7 Å². The summed E-state index contributed by atoms with van der Waals surface area (Å²) in [6.45, 7) is 7.84. The second kappa shape index (κ2) is 7.95. The third kappa shape index (κ3) is 4.11. The Hall–Kier alpha value is -3.28. The number of aryl methyl sites for hydroxylation is 2. The Labute approximate surface area is 158 Å². The lowest BCUT2D eigenvalue weighted by Gasteiger charge is -2.28. The zero-order valence-corrected chi connectivity index (χ0v) is 15.5. The molecule has 6 heteroatoms. The molecular weight excluding hydrogens is 344 g/mol. The molecule has 3 rings (SSSR count). The number of hydrogen-bond donors (Lipinski definition) is 1. The van der Waals surface area contributed by atoms with Crippen molar-refractivity contribution in [2.24, 2.45) is 0 Å². The number of hydrogen-bond acceptors (Lipinski definition) is 4. The van der Waals surface area contributed by atoms with Crippen LogP contribution >= 0.6 is 0 Å². The molecule has 0 bridgehead atoms. The maximum absolute atomic E-state index is 12.2. The van der Waals surface area contributed by atoms with Gasteiger partial charge >= 0.3 is 0 Å². The van der Waals surface area contributed by atoms with E-state index in [0.29, 0.717) is 23.7 Å². The number of para-hydroxylation sites is 1. The van der Waals surface area contributed by atoms with E-state index in [-0.39, 0.29) is 25.0 Å². The Balaban J connectivity index is 1.67. The molecule has 140 valence electrons. The summed E-state index contributed by atoms with van der Waals surface area (Å²) in [6.07, 6.45) is 1.66. The fraction of sp³-hybridized carbons (Fsp3) is 0.238. The zero-order valence-electron chi connectivity index (χ0n) is 15.5. The lowest BCUT2D eigenvalue weighted by molar-refractivity contribution is -0.121. The molecule has 2 amide bonds. The average Bonchev–Trinajstić information content (AvgIpc) is 2.64. The molecule has 2 aromatic carbocycles. The van der Waals surface area contributed by atoms with Crippen molar-refractivity contribution in [2.45, 2.75) is 13.8 Å². The summed E-state index contributed by atoms with van der Waals surface area (Å²) in [5, 5.41) is 2.79. The van der Waals surface area contributed by atoms with Crippen molar-refractivity contribution in [1.29, 1.82) is 0 Å². The monoisotopic (exact) mass is 366 g/mol. The molecule has 0 saturated heterocycles. The molecule has 0 aliphatic carbocycles. The normalized spacial score (nSPS) is 12.8. The molecule has 1 N–H and O–H groups in total. The number of carbonyl (C=O) groups is 2. The molecule has 0 saturated carbocycles. The maximum Gasteiger partial charge on any atom is 0.265 e. The zero-order chi connectivity index (χ0) is 19.4. The van der Waals surface area contributed by atoms with E-state index in [9.17, 15) is 9.59 Å². The van der Waals surface area contributed by atoms with Crippen LogP contribution in [0.15, 0.2) is 49.1 Å². The van der Waals surface area contributed by atoms with Crippen LogP contribution in [0.2, 0.25) is 0 Å². The Morgan fingerprint density at radius 2 is 2.04 bits per heavy atom. The number of fused-ring (bicyclic) bond motifs is 1. The van der Waals surface area contributed by atoms with Crippen molar-refractivity contribution in [3.63, 3.8) is 0 Å². The summed E-state index contributed by atoms with van der Waals surface area (Å²) in [5.41, 5.74) is 3.21. The molecule has 1 heterocycles. The average molecular weight is 366 g/mol. The first-order valence-electron chi connectivity index (χ1n) is 8.66. The van der Waals surface area contributed by atoms with Gasteiger partial charge in [0.05, 0.1) is 5.69 Å². The first kappa shape index (κ1) is 18.5. The van der Waals surface area contributed by atoms with Crippen molar-refractivity contribution in [3.8, 4) is 11.5 Å². The number of carbonyl (C=O) groups excluding carboxylic acids is 2. The summed E-state index contributed by atoms with van der Waals surface area (Å²) in [7, 11) is 0. The number of amides is 2. The van der Waals surface area contributed by atoms with Crippen molar-refractivity contribution < 1.29 is 19.1 Å². The van der Waals surface area contributed by atoms with Crippen LogP contribution in [0.1, 0.15) is 11.1 Å². The van der Waals surface area contributed by atoms with Gasteiger partial charge in [-0.05, 0) is 37.1 Å². The van der Waals surface area contributed by atoms with Gasteiger partial charge in [0.2, 0.25) is 0 Å². The number of ether oxygens (including phenoxy) is 2. The highest BCUT2D eigenvalue weighted by molar-refractivity contribution is 5.99. The SMILES string of the molecule is C=CCN1C(=O)COc2cc(NC(=O)COc3c(C)cccc3C)ccc21. The van der Waals surface area contributed by atoms with Gasteiger partial charge in [-0.1, -0.05) is 24.3 Å². The summed E-state index contributed by atoms with van der Waals surface area (Å²) in [4.78, 5) is 25.8. The Kier molecular flexibility index (Phi) is 5.45. The van der Waals surface area contributed by atoms with Crippen LogP contribution in [0.25, 0.3) is 0 Å². The molecule has 0 unspecified atom stereocenters. The highest BCUT2D eigenvalue weighted by atomic mass is 16.5. The summed E-state index contributed by atoms with van der Waals surface area (Å²) < 4.78 is 11.2. The van der Waals surface area contributed by atoms with Crippen molar-refractivity contribution in [1.82, 2.24) is 0 Å². The fourth-order valence-corrected chi connectivity index (χ4v) is 2.97. The predicted molar refractivity (Wildman–Crippen MR) is 105 cm³/mol. The van der Waals surface area contributed by atoms with E-state index in [2.05, 4.69) is 11.9 Å². The third-order valence-corrected chi connectivity index (χ3v) is 4.25. The number of rotatable bonds is 6. The molecule has 6 nitrogen and oxygen atoms in total. The number of nitrogens with zero attached hydrogens (tertiary/aromatic N) is 1. The Morgan fingerprint density at radius 3 is 2.74 bits per heavy atom. The molecule has 27 heavy (non-hydrogen) atoms. The van der Waals surface area contributed by atoms with Gasteiger partial charge in [-0.2, -0.15) is 0 Å². The molecular formula is C21H22N2O4. The summed E-state index contributed by atoms with van der Waals surface area (Å²) in [5.74, 6) is 0.874. The van der Waals surface area contributed by atoms with E-state index in [1.165, 1.54) is 0 Å². The fourth-order valence-electron chi connectivity index (χ4n) is 2.97. The molecule has 0 radical (unpaired) electrons. The third-order valence-electron chi connectivity index (χ3n) is 4.25. The van der Waals surface area contributed by atoms with Gasteiger partial charge in [0.25, 0.3) is 11.8 Å². The number of anilines is 2. The van der Waals surface area contributed by atoms with Gasteiger partial charge < -0.3 is 19.7 Å². The van der Waals surface area contributed by atoms with Crippen molar-refractivity contribution >= 4 is 23.2 Å². The van der Waals surface area contributed by atoms with Crippen LogP contribution in [0.3, 0.4) is 0 Å². The Bertz CT molecular complexity index is 871. The van der Waals surface area contributed by atoms with Crippen molar-refractivity contribution in [2.75, 3.05) is 30.0 Å². The second-order valence-corrected chi connectivity index (χ2v) is 6.32. The topological polar surface area (TPSA) is 67.9 Å². The minimum atomic E-state index is -0.271. The predicted octanol–water partition coefficient (Wildman–Crippen LogP) is 3.23. The number of nitrogens with one attached hydrogen (secondary N) is 1. The molecule has 1 aliphatic heterocycles. The molecule has 0 atom stereocenters. The maximum atomic E-state index is 12.2. The van der Waals surface area contributed by atoms with E-state index >= 15 is 0 Å². The molecule has 1 aliphatic rings. The van der Waals surface area contributed by atoms with E-state index < -0.39 is 0 Å². The molecule has 0 aromatic heterocycles. The van der Waals surface area contributed by atoms with Gasteiger partial charge in [-0.3, -0.25) is 9.59 Å². The second-order valence-electron chi connectivity index (χ2n) is 6.32.